The Morgan fingerprint density at radius 3 is 1.26 bits per heavy atom. The van der Waals surface area contributed by atoms with E-state index in [-0.39, 0.29) is 35.7 Å². The van der Waals surface area contributed by atoms with E-state index in [1.54, 1.807) is 0 Å². The van der Waals surface area contributed by atoms with Crippen LogP contribution < -0.4 is 0 Å². The molecule has 0 bridgehead atoms. The minimum Gasteiger partial charge on any atom is -0.459 e. The number of rotatable bonds is 14. The fraction of sp³-hybridized carbons (Fsp3) is 0.885. The van der Waals surface area contributed by atoms with Gasteiger partial charge >= 0.3 is 17.9 Å². The first-order chi connectivity index (χ1) is 16.3. The lowest BCUT2D eigenvalue weighted by Crippen LogP contribution is -2.53. The van der Waals surface area contributed by atoms with Crippen molar-refractivity contribution < 1.29 is 28.6 Å². The summed E-state index contributed by atoms with van der Waals surface area (Å²) < 4.78 is 18.1. The quantitative estimate of drug-likeness (QED) is 0.195. The zero-order valence-electron chi connectivity index (χ0n) is 23.1. The van der Waals surface area contributed by atoms with E-state index < -0.39 is 16.8 Å². The summed E-state index contributed by atoms with van der Waals surface area (Å²) >= 11 is 4.34. The van der Waals surface area contributed by atoms with Crippen LogP contribution in [-0.2, 0) is 28.6 Å². The van der Waals surface area contributed by atoms with Gasteiger partial charge in [-0.25, -0.2) is 0 Å². The zero-order chi connectivity index (χ0) is 26.9. The number of carbonyl (C=O) groups excluding carboxylic acids is 3. The number of esters is 3. The third-order valence-electron chi connectivity index (χ3n) is 7.47. The average molecular weight is 551 g/mol. The van der Waals surface area contributed by atoms with Crippen LogP contribution in [0.25, 0.3) is 0 Å². The van der Waals surface area contributed by atoms with E-state index in [4.69, 9.17) is 14.2 Å². The summed E-state index contributed by atoms with van der Waals surface area (Å²) in [6.45, 7) is 12.0. The van der Waals surface area contributed by atoms with E-state index in [1.165, 1.54) is 35.3 Å². The molecule has 6 nitrogen and oxygen atoms in total. The number of hydrogen-bond donors (Lipinski definition) is 0. The van der Waals surface area contributed by atoms with Gasteiger partial charge in [0.25, 0.3) is 0 Å². The second-order valence-corrected chi connectivity index (χ2v) is 13.1. The van der Waals surface area contributed by atoms with E-state index in [1.807, 2.05) is 46.5 Å². The van der Waals surface area contributed by atoms with Crippen molar-refractivity contribution in [1.29, 1.82) is 0 Å². The standard InChI is InChI=1S/C26H46O6S3/c1-10-26(11-2,32-23(29)17-35-9)20-13-18(24(3,4)30-21(27)15-33-7)12-19(14-20)25(5,6)31-22(28)16-34-8/h18-20H,10-17H2,1-9H3. The first kappa shape index (κ1) is 32.5. The predicted octanol–water partition coefficient (Wildman–Crippen LogP) is 5.85. The smallest absolute Gasteiger partial charge is 0.316 e. The highest BCUT2D eigenvalue weighted by Gasteiger charge is 2.51. The van der Waals surface area contributed by atoms with Crippen LogP contribution in [0.3, 0.4) is 0 Å². The maximum Gasteiger partial charge on any atom is 0.316 e. The molecule has 1 fully saturated rings. The highest BCUT2D eigenvalue weighted by atomic mass is 32.2. The molecule has 0 saturated heterocycles. The highest BCUT2D eigenvalue weighted by Crippen LogP contribution is 2.50. The maximum absolute atomic E-state index is 12.6. The first-order valence-corrected chi connectivity index (χ1v) is 16.6. The summed E-state index contributed by atoms with van der Waals surface area (Å²) in [5, 5.41) is 0. The molecular weight excluding hydrogens is 504 g/mol. The summed E-state index contributed by atoms with van der Waals surface area (Å²) in [6.07, 6.45) is 9.37. The maximum atomic E-state index is 12.6. The van der Waals surface area contributed by atoms with Gasteiger partial charge in [0.15, 0.2) is 0 Å². The van der Waals surface area contributed by atoms with E-state index in [9.17, 15) is 14.4 Å². The minimum atomic E-state index is -0.695. The number of ether oxygens (including phenoxy) is 3. The molecule has 0 radical (unpaired) electrons. The van der Waals surface area contributed by atoms with E-state index in [0.29, 0.717) is 30.1 Å². The Kier molecular flexibility index (Phi) is 13.4. The van der Waals surface area contributed by atoms with Gasteiger partial charge in [0.2, 0.25) is 0 Å². The van der Waals surface area contributed by atoms with Crippen LogP contribution in [0.4, 0.5) is 0 Å². The molecule has 1 rings (SSSR count). The molecule has 0 aliphatic heterocycles. The van der Waals surface area contributed by atoms with Crippen LogP contribution in [0.5, 0.6) is 0 Å². The SMILES string of the molecule is CCC(CC)(OC(=O)CSC)C1CC(C(C)(C)OC(=O)CSC)CC(C(C)(C)OC(=O)CSC)C1. The van der Waals surface area contributed by atoms with Crippen molar-refractivity contribution in [2.24, 2.45) is 17.8 Å². The van der Waals surface area contributed by atoms with Crippen molar-refractivity contribution in [2.75, 3.05) is 36.0 Å². The van der Waals surface area contributed by atoms with Crippen LogP contribution in [0.2, 0.25) is 0 Å². The second-order valence-electron chi connectivity index (χ2n) is 10.5. The van der Waals surface area contributed by atoms with Crippen molar-refractivity contribution in [3.8, 4) is 0 Å². The third-order valence-corrected chi connectivity index (χ3v) is 9.04. The molecule has 2 unspecified atom stereocenters. The van der Waals surface area contributed by atoms with Crippen molar-refractivity contribution in [3.05, 3.63) is 0 Å². The number of thioether (sulfide) groups is 3. The Balaban J connectivity index is 3.37. The Hall–Kier alpha value is -0.540. The van der Waals surface area contributed by atoms with Gasteiger partial charge in [-0.2, -0.15) is 35.3 Å². The Morgan fingerprint density at radius 2 is 0.943 bits per heavy atom. The molecule has 35 heavy (non-hydrogen) atoms. The molecule has 204 valence electrons. The van der Waals surface area contributed by atoms with Crippen molar-refractivity contribution >= 4 is 53.2 Å². The van der Waals surface area contributed by atoms with E-state index >= 15 is 0 Å². The van der Waals surface area contributed by atoms with Crippen molar-refractivity contribution in [1.82, 2.24) is 0 Å². The van der Waals surface area contributed by atoms with Gasteiger partial charge in [0, 0.05) is 0 Å². The van der Waals surface area contributed by atoms with Crippen molar-refractivity contribution in [2.45, 2.75) is 90.4 Å². The Morgan fingerprint density at radius 1 is 0.629 bits per heavy atom. The molecular formula is C26H46O6S3. The molecule has 0 aromatic rings. The average Bonchev–Trinajstić information content (AvgIpc) is 2.77. The van der Waals surface area contributed by atoms with Crippen LogP contribution in [0.1, 0.15) is 73.6 Å². The topological polar surface area (TPSA) is 78.9 Å². The van der Waals surface area contributed by atoms with Crippen LogP contribution in [0.15, 0.2) is 0 Å². The van der Waals surface area contributed by atoms with Gasteiger partial charge in [0.05, 0.1) is 17.3 Å². The monoisotopic (exact) mass is 550 g/mol. The van der Waals surface area contributed by atoms with Gasteiger partial charge in [-0.1, -0.05) is 13.8 Å². The van der Waals surface area contributed by atoms with Gasteiger partial charge in [0.1, 0.15) is 16.8 Å². The Bertz CT molecular complexity index is 665. The van der Waals surface area contributed by atoms with E-state index in [2.05, 4.69) is 13.8 Å². The number of carbonyl (C=O) groups is 3. The van der Waals surface area contributed by atoms with Crippen molar-refractivity contribution in [3.63, 3.8) is 0 Å². The lowest BCUT2D eigenvalue weighted by molar-refractivity contribution is -0.183. The summed E-state index contributed by atoms with van der Waals surface area (Å²) in [7, 11) is 0. The molecule has 2 atom stereocenters. The fourth-order valence-corrected chi connectivity index (χ4v) is 6.24. The summed E-state index contributed by atoms with van der Waals surface area (Å²) in [4.78, 5) is 37.5. The minimum absolute atomic E-state index is 0.0345. The molecule has 0 aromatic heterocycles. The fourth-order valence-electron chi connectivity index (χ4n) is 5.36. The van der Waals surface area contributed by atoms with Gasteiger partial charge in [-0.3, -0.25) is 14.4 Å². The van der Waals surface area contributed by atoms with Gasteiger partial charge < -0.3 is 14.2 Å². The summed E-state index contributed by atoms with van der Waals surface area (Å²) in [6, 6.07) is 0. The number of hydrogen-bond acceptors (Lipinski definition) is 9. The second kappa shape index (κ2) is 14.4. The molecule has 1 aliphatic rings. The zero-order valence-corrected chi connectivity index (χ0v) is 25.5. The molecule has 1 aliphatic carbocycles. The molecule has 9 heteroatoms. The Labute approximate surface area is 225 Å². The molecule has 0 aromatic carbocycles. The predicted molar refractivity (Wildman–Crippen MR) is 149 cm³/mol. The van der Waals surface area contributed by atoms with Crippen LogP contribution in [0, 0.1) is 17.8 Å². The largest absolute Gasteiger partial charge is 0.459 e. The molecule has 0 heterocycles. The lowest BCUT2D eigenvalue weighted by atomic mass is 9.60. The lowest BCUT2D eigenvalue weighted by Gasteiger charge is -2.51. The summed E-state index contributed by atoms with van der Waals surface area (Å²) in [5.74, 6) is 0.407. The third kappa shape index (κ3) is 9.37. The molecule has 0 amide bonds. The summed E-state index contributed by atoms with van der Waals surface area (Å²) in [5.41, 5.74) is -2.00. The molecule has 0 spiro atoms. The normalized spacial score (nSPS) is 21.3. The van der Waals surface area contributed by atoms with Gasteiger partial charge in [-0.15, -0.1) is 0 Å². The van der Waals surface area contributed by atoms with Crippen LogP contribution >= 0.6 is 35.3 Å². The van der Waals surface area contributed by atoms with Gasteiger partial charge in [-0.05, 0) is 96.3 Å². The molecule has 0 N–H and O–H groups in total. The first-order valence-electron chi connectivity index (χ1n) is 12.4. The molecule has 1 saturated carbocycles. The van der Waals surface area contributed by atoms with E-state index in [0.717, 1.165) is 19.3 Å². The van der Waals surface area contributed by atoms with Crippen LogP contribution in [-0.4, -0.2) is 70.7 Å². The highest BCUT2D eigenvalue weighted by molar-refractivity contribution is 7.99.